The van der Waals surface area contributed by atoms with Crippen LogP contribution in [0.5, 0.6) is 5.75 Å². The lowest BCUT2D eigenvalue weighted by Gasteiger charge is -2.22. The van der Waals surface area contributed by atoms with Crippen molar-refractivity contribution in [2.45, 2.75) is 33.7 Å². The maximum absolute atomic E-state index is 11.9. The molecule has 1 aromatic carbocycles. The molecule has 0 saturated carbocycles. The van der Waals surface area contributed by atoms with E-state index in [4.69, 9.17) is 4.74 Å². The fourth-order valence-electron chi connectivity index (χ4n) is 2.05. The van der Waals surface area contributed by atoms with Crippen molar-refractivity contribution in [2.24, 2.45) is 5.92 Å². The molecule has 5 heteroatoms. The lowest BCUT2D eigenvalue weighted by atomic mass is 10.1. The maximum Gasteiger partial charge on any atom is 0.239 e. The zero-order chi connectivity index (χ0) is 16.5. The molecule has 0 bridgehead atoms. The Morgan fingerprint density at radius 2 is 1.95 bits per heavy atom. The van der Waals surface area contributed by atoms with Gasteiger partial charge in [0.2, 0.25) is 11.8 Å². The first-order valence-electron chi connectivity index (χ1n) is 7.58. The van der Waals surface area contributed by atoms with Crippen LogP contribution in [0.2, 0.25) is 0 Å². The number of benzene rings is 1. The minimum atomic E-state index is -0.134. The number of para-hydroxylation sites is 1. The van der Waals surface area contributed by atoms with E-state index in [2.05, 4.69) is 19.2 Å². The van der Waals surface area contributed by atoms with E-state index in [1.807, 2.05) is 24.3 Å². The number of nitrogens with zero attached hydrogens (tertiary/aromatic N) is 1. The Morgan fingerprint density at radius 1 is 1.27 bits per heavy atom. The van der Waals surface area contributed by atoms with Crippen LogP contribution in [0.3, 0.4) is 0 Å². The van der Waals surface area contributed by atoms with Gasteiger partial charge in [0.05, 0.1) is 13.7 Å². The number of hydrogen-bond acceptors (Lipinski definition) is 3. The summed E-state index contributed by atoms with van der Waals surface area (Å²) >= 11 is 0. The Bertz CT molecular complexity index is 500. The summed E-state index contributed by atoms with van der Waals surface area (Å²) in [6, 6.07) is 7.50. The number of ether oxygens (including phenoxy) is 1. The molecule has 0 aromatic heterocycles. The molecule has 0 radical (unpaired) electrons. The molecule has 122 valence electrons. The van der Waals surface area contributed by atoms with E-state index in [9.17, 15) is 9.59 Å². The lowest BCUT2D eigenvalue weighted by Crippen LogP contribution is -2.39. The second kappa shape index (κ2) is 9.07. The molecule has 0 aliphatic carbocycles. The summed E-state index contributed by atoms with van der Waals surface area (Å²) in [6.07, 6.45) is 0.929. The Balaban J connectivity index is 2.62. The molecule has 1 rings (SSSR count). The van der Waals surface area contributed by atoms with E-state index < -0.39 is 0 Å². The second-order valence-electron chi connectivity index (χ2n) is 5.72. The molecule has 0 saturated heterocycles. The fourth-order valence-corrected chi connectivity index (χ4v) is 2.05. The Morgan fingerprint density at radius 3 is 2.55 bits per heavy atom. The van der Waals surface area contributed by atoms with Gasteiger partial charge in [0.1, 0.15) is 5.75 Å². The molecule has 0 aliphatic heterocycles. The first kappa shape index (κ1) is 18.0. The van der Waals surface area contributed by atoms with E-state index in [-0.39, 0.29) is 18.4 Å². The zero-order valence-corrected chi connectivity index (χ0v) is 13.9. The smallest absolute Gasteiger partial charge is 0.239 e. The lowest BCUT2D eigenvalue weighted by molar-refractivity contribution is -0.134. The molecule has 0 atom stereocenters. The van der Waals surface area contributed by atoms with Crippen LogP contribution >= 0.6 is 0 Å². The van der Waals surface area contributed by atoms with Crippen LogP contribution in [-0.2, 0) is 16.1 Å². The van der Waals surface area contributed by atoms with Crippen LogP contribution in [0.4, 0.5) is 0 Å². The SMILES string of the molecule is COc1ccccc1CN(CC(=O)NCCC(C)C)C(C)=O. The topological polar surface area (TPSA) is 58.6 Å². The van der Waals surface area contributed by atoms with E-state index in [1.54, 1.807) is 7.11 Å². The molecular weight excluding hydrogens is 280 g/mol. The molecule has 0 spiro atoms. The predicted molar refractivity (Wildman–Crippen MR) is 86.5 cm³/mol. The summed E-state index contributed by atoms with van der Waals surface area (Å²) in [5, 5.41) is 2.85. The summed E-state index contributed by atoms with van der Waals surface area (Å²) in [5.74, 6) is 0.988. The Kier molecular flexibility index (Phi) is 7.43. The number of carbonyl (C=O) groups is 2. The minimum Gasteiger partial charge on any atom is -0.496 e. The van der Waals surface area contributed by atoms with Crippen LogP contribution in [0, 0.1) is 5.92 Å². The third kappa shape index (κ3) is 6.16. The van der Waals surface area contributed by atoms with E-state index in [0.717, 1.165) is 12.0 Å². The molecule has 1 N–H and O–H groups in total. The minimum absolute atomic E-state index is 0.0610. The van der Waals surface area contributed by atoms with Gasteiger partial charge in [-0.2, -0.15) is 0 Å². The number of amides is 2. The van der Waals surface area contributed by atoms with E-state index in [0.29, 0.717) is 24.8 Å². The van der Waals surface area contributed by atoms with Crippen LogP contribution in [0.1, 0.15) is 32.8 Å². The monoisotopic (exact) mass is 306 g/mol. The van der Waals surface area contributed by atoms with Gasteiger partial charge in [0.15, 0.2) is 0 Å². The highest BCUT2D eigenvalue weighted by Crippen LogP contribution is 2.19. The quantitative estimate of drug-likeness (QED) is 0.801. The third-order valence-corrected chi connectivity index (χ3v) is 3.38. The van der Waals surface area contributed by atoms with Crippen LogP contribution in [0.25, 0.3) is 0 Å². The van der Waals surface area contributed by atoms with Gasteiger partial charge in [0, 0.05) is 25.6 Å². The molecule has 1 aromatic rings. The highest BCUT2D eigenvalue weighted by molar-refractivity contribution is 5.83. The van der Waals surface area contributed by atoms with E-state index in [1.165, 1.54) is 11.8 Å². The van der Waals surface area contributed by atoms with Gasteiger partial charge >= 0.3 is 0 Å². The van der Waals surface area contributed by atoms with Crippen LogP contribution < -0.4 is 10.1 Å². The molecule has 0 fully saturated rings. The first-order chi connectivity index (χ1) is 10.4. The van der Waals surface area contributed by atoms with Gasteiger partial charge in [-0.25, -0.2) is 0 Å². The summed E-state index contributed by atoms with van der Waals surface area (Å²) in [5.41, 5.74) is 0.884. The molecule has 2 amide bonds. The molecule has 0 unspecified atom stereocenters. The Labute approximate surface area is 132 Å². The van der Waals surface area contributed by atoms with Crippen molar-refractivity contribution in [1.29, 1.82) is 0 Å². The van der Waals surface area contributed by atoms with Crippen LogP contribution in [0.15, 0.2) is 24.3 Å². The van der Waals surface area contributed by atoms with Crippen molar-refractivity contribution in [1.82, 2.24) is 10.2 Å². The first-order valence-corrected chi connectivity index (χ1v) is 7.58. The van der Waals surface area contributed by atoms with Crippen molar-refractivity contribution in [3.63, 3.8) is 0 Å². The summed E-state index contributed by atoms with van der Waals surface area (Å²) in [7, 11) is 1.59. The average Bonchev–Trinajstić information content (AvgIpc) is 2.46. The average molecular weight is 306 g/mol. The molecule has 0 aliphatic rings. The summed E-state index contributed by atoms with van der Waals surface area (Å²) in [4.78, 5) is 25.2. The number of hydrogen-bond donors (Lipinski definition) is 1. The standard InChI is InChI=1S/C17H26N2O3/c1-13(2)9-10-18-17(21)12-19(14(3)20)11-15-7-5-6-8-16(15)22-4/h5-8,13H,9-12H2,1-4H3,(H,18,21). The van der Waals surface area contributed by atoms with Gasteiger partial charge in [-0.05, 0) is 18.4 Å². The summed E-state index contributed by atoms with van der Waals surface area (Å²) in [6.45, 7) is 6.74. The van der Waals surface area contributed by atoms with Crippen molar-refractivity contribution in [2.75, 3.05) is 20.2 Å². The van der Waals surface area contributed by atoms with Crippen molar-refractivity contribution in [3.05, 3.63) is 29.8 Å². The molecule has 5 nitrogen and oxygen atoms in total. The maximum atomic E-state index is 11.9. The van der Waals surface area contributed by atoms with Gasteiger partial charge in [-0.1, -0.05) is 32.0 Å². The van der Waals surface area contributed by atoms with Crippen molar-refractivity contribution in [3.8, 4) is 5.75 Å². The van der Waals surface area contributed by atoms with Crippen LogP contribution in [-0.4, -0.2) is 36.9 Å². The largest absolute Gasteiger partial charge is 0.496 e. The highest BCUT2D eigenvalue weighted by atomic mass is 16.5. The second-order valence-corrected chi connectivity index (χ2v) is 5.72. The number of methoxy groups -OCH3 is 1. The zero-order valence-electron chi connectivity index (χ0n) is 13.9. The molecule has 0 heterocycles. The van der Waals surface area contributed by atoms with Gasteiger partial charge < -0.3 is 15.0 Å². The number of carbonyl (C=O) groups excluding carboxylic acids is 2. The molecule has 22 heavy (non-hydrogen) atoms. The predicted octanol–water partition coefficient (Wildman–Crippen LogP) is 2.21. The molecular formula is C17H26N2O3. The highest BCUT2D eigenvalue weighted by Gasteiger charge is 2.15. The van der Waals surface area contributed by atoms with Crippen molar-refractivity contribution < 1.29 is 14.3 Å². The normalized spacial score (nSPS) is 10.4. The van der Waals surface area contributed by atoms with E-state index >= 15 is 0 Å². The third-order valence-electron chi connectivity index (χ3n) is 3.38. The van der Waals surface area contributed by atoms with Gasteiger partial charge in [0.25, 0.3) is 0 Å². The Hall–Kier alpha value is -2.04. The van der Waals surface area contributed by atoms with Gasteiger partial charge in [-0.15, -0.1) is 0 Å². The van der Waals surface area contributed by atoms with Crippen molar-refractivity contribution >= 4 is 11.8 Å². The summed E-state index contributed by atoms with van der Waals surface area (Å²) < 4.78 is 5.28. The fraction of sp³-hybridized carbons (Fsp3) is 0.529. The van der Waals surface area contributed by atoms with Gasteiger partial charge in [-0.3, -0.25) is 9.59 Å². The number of rotatable bonds is 8. The number of nitrogens with one attached hydrogen (secondary N) is 1.